The molecule has 0 radical (unpaired) electrons. The molecule has 0 fully saturated rings. The summed E-state index contributed by atoms with van der Waals surface area (Å²) in [6.07, 6.45) is -0.352. The molecule has 1 unspecified atom stereocenters. The highest BCUT2D eigenvalue weighted by Gasteiger charge is 2.20. The average molecular weight is 327 g/mol. The largest absolute Gasteiger partial charge is 0.466 e. The second-order valence-corrected chi connectivity index (χ2v) is 5.56. The third-order valence-electron chi connectivity index (χ3n) is 3.37. The molecule has 1 N–H and O–H groups in total. The number of aliphatic hydroxyl groups excluding tert-OH is 1. The van der Waals surface area contributed by atoms with E-state index in [0.29, 0.717) is 6.42 Å². The summed E-state index contributed by atoms with van der Waals surface area (Å²) in [4.78, 5) is 0. The highest BCUT2D eigenvalue weighted by atomic mass is 79.9. The maximum absolute atomic E-state index is 13.2. The highest BCUT2D eigenvalue weighted by Crippen LogP contribution is 2.31. The molecule has 0 aliphatic heterocycles. The number of aryl methyl sites for hydroxylation is 2. The van der Waals surface area contributed by atoms with E-state index in [0.717, 1.165) is 32.7 Å². The highest BCUT2D eigenvalue weighted by molar-refractivity contribution is 9.10. The fourth-order valence-electron chi connectivity index (χ4n) is 2.31. The zero-order valence-electron chi connectivity index (χ0n) is 11.1. The van der Waals surface area contributed by atoms with Gasteiger partial charge in [0, 0.05) is 16.5 Å². The molecule has 4 heteroatoms. The van der Waals surface area contributed by atoms with Crippen LogP contribution in [0.4, 0.5) is 4.39 Å². The number of rotatable bonds is 3. The zero-order chi connectivity index (χ0) is 14.2. The van der Waals surface area contributed by atoms with Crippen molar-refractivity contribution in [3.8, 4) is 0 Å². The Morgan fingerprint density at radius 1 is 1.26 bits per heavy atom. The Labute approximate surface area is 120 Å². The van der Waals surface area contributed by atoms with Gasteiger partial charge in [-0.25, -0.2) is 4.39 Å². The second kappa shape index (κ2) is 5.47. The Morgan fingerprint density at radius 2 is 1.95 bits per heavy atom. The van der Waals surface area contributed by atoms with E-state index in [1.54, 1.807) is 6.07 Å². The number of benzene rings is 1. The monoisotopic (exact) mass is 326 g/mol. The van der Waals surface area contributed by atoms with E-state index in [1.165, 1.54) is 12.1 Å². The first kappa shape index (κ1) is 14.3. The van der Waals surface area contributed by atoms with Gasteiger partial charge in [-0.05, 0) is 50.1 Å². The van der Waals surface area contributed by atoms with Crippen molar-refractivity contribution in [2.45, 2.75) is 33.3 Å². The van der Waals surface area contributed by atoms with Crippen molar-refractivity contribution in [3.63, 3.8) is 0 Å². The van der Waals surface area contributed by atoms with E-state index >= 15 is 0 Å². The molecule has 1 aromatic heterocycles. The van der Waals surface area contributed by atoms with Crippen LogP contribution in [0.25, 0.3) is 0 Å². The van der Waals surface area contributed by atoms with Crippen LogP contribution in [0.2, 0.25) is 0 Å². The molecule has 2 aromatic rings. The normalized spacial score (nSPS) is 12.7. The van der Waals surface area contributed by atoms with Crippen molar-refractivity contribution in [1.29, 1.82) is 0 Å². The molecule has 0 bridgehead atoms. The van der Waals surface area contributed by atoms with Gasteiger partial charge < -0.3 is 9.52 Å². The van der Waals surface area contributed by atoms with Crippen LogP contribution < -0.4 is 0 Å². The van der Waals surface area contributed by atoms with Crippen molar-refractivity contribution in [2.75, 3.05) is 0 Å². The van der Waals surface area contributed by atoms with E-state index in [2.05, 4.69) is 15.9 Å². The van der Waals surface area contributed by atoms with Crippen LogP contribution in [0.1, 0.15) is 34.3 Å². The summed E-state index contributed by atoms with van der Waals surface area (Å²) < 4.78 is 19.5. The first-order valence-corrected chi connectivity index (χ1v) is 6.88. The van der Waals surface area contributed by atoms with Crippen LogP contribution in [0.5, 0.6) is 0 Å². The quantitative estimate of drug-likeness (QED) is 0.907. The lowest BCUT2D eigenvalue weighted by Gasteiger charge is -2.12. The minimum Gasteiger partial charge on any atom is -0.466 e. The number of hydrogen-bond donors (Lipinski definition) is 1. The van der Waals surface area contributed by atoms with Gasteiger partial charge in [-0.1, -0.05) is 15.9 Å². The zero-order valence-corrected chi connectivity index (χ0v) is 12.7. The SMILES string of the molecule is Cc1oc(C)c(C(O)Cc2cc(F)ccc2Br)c1C. The first-order valence-electron chi connectivity index (χ1n) is 6.08. The molecule has 0 aliphatic carbocycles. The first-order chi connectivity index (χ1) is 8.90. The molecule has 0 saturated heterocycles. The third-order valence-corrected chi connectivity index (χ3v) is 4.15. The molecule has 1 aromatic carbocycles. The standard InChI is InChI=1S/C15H16BrFO2/c1-8-9(2)19-10(3)15(8)14(18)7-11-6-12(17)4-5-13(11)16/h4-6,14,18H,7H2,1-3H3. The van der Waals surface area contributed by atoms with Crippen LogP contribution in [-0.4, -0.2) is 5.11 Å². The van der Waals surface area contributed by atoms with Gasteiger partial charge in [0.05, 0.1) is 6.10 Å². The number of hydrogen-bond acceptors (Lipinski definition) is 2. The topological polar surface area (TPSA) is 33.4 Å². The molecular formula is C15H16BrFO2. The van der Waals surface area contributed by atoms with Gasteiger partial charge in [0.15, 0.2) is 0 Å². The lowest BCUT2D eigenvalue weighted by molar-refractivity contribution is 0.175. The Balaban J connectivity index is 2.30. The number of halogens is 2. The van der Waals surface area contributed by atoms with E-state index in [1.807, 2.05) is 20.8 Å². The van der Waals surface area contributed by atoms with E-state index in [9.17, 15) is 9.50 Å². The minimum atomic E-state index is -0.699. The average Bonchev–Trinajstić information content (AvgIpc) is 2.58. The number of furan rings is 1. The van der Waals surface area contributed by atoms with Crippen molar-refractivity contribution in [1.82, 2.24) is 0 Å². The molecule has 2 rings (SSSR count). The Bertz CT molecular complexity index is 604. The van der Waals surface area contributed by atoms with Crippen LogP contribution in [0.3, 0.4) is 0 Å². The predicted octanol–water partition coefficient (Wildman–Crippen LogP) is 4.38. The van der Waals surface area contributed by atoms with Crippen molar-refractivity contribution >= 4 is 15.9 Å². The van der Waals surface area contributed by atoms with Gasteiger partial charge >= 0.3 is 0 Å². The molecule has 0 amide bonds. The van der Waals surface area contributed by atoms with Gasteiger partial charge in [-0.3, -0.25) is 0 Å². The molecule has 102 valence electrons. The summed E-state index contributed by atoms with van der Waals surface area (Å²) in [7, 11) is 0. The summed E-state index contributed by atoms with van der Waals surface area (Å²) in [5.74, 6) is 1.22. The lowest BCUT2D eigenvalue weighted by atomic mass is 9.98. The summed E-state index contributed by atoms with van der Waals surface area (Å²) in [5.41, 5.74) is 2.50. The Hall–Kier alpha value is -1.13. The summed E-state index contributed by atoms with van der Waals surface area (Å²) in [6, 6.07) is 4.47. The van der Waals surface area contributed by atoms with Gasteiger partial charge in [-0.15, -0.1) is 0 Å². The van der Waals surface area contributed by atoms with Crippen LogP contribution in [0.15, 0.2) is 27.1 Å². The maximum atomic E-state index is 13.2. The molecule has 1 heterocycles. The van der Waals surface area contributed by atoms with Crippen LogP contribution in [-0.2, 0) is 6.42 Å². The fraction of sp³-hybridized carbons (Fsp3) is 0.333. The maximum Gasteiger partial charge on any atom is 0.123 e. The Kier molecular flexibility index (Phi) is 4.11. The molecule has 0 spiro atoms. The summed E-state index contributed by atoms with van der Waals surface area (Å²) in [5, 5.41) is 10.4. The van der Waals surface area contributed by atoms with Gasteiger partial charge in [0.2, 0.25) is 0 Å². The predicted molar refractivity (Wildman–Crippen MR) is 75.7 cm³/mol. The van der Waals surface area contributed by atoms with E-state index in [4.69, 9.17) is 4.42 Å². The van der Waals surface area contributed by atoms with Gasteiger partial charge in [0.25, 0.3) is 0 Å². The summed E-state index contributed by atoms with van der Waals surface area (Å²) >= 11 is 3.37. The summed E-state index contributed by atoms with van der Waals surface area (Å²) in [6.45, 7) is 5.63. The van der Waals surface area contributed by atoms with Crippen molar-refractivity contribution in [2.24, 2.45) is 0 Å². The lowest BCUT2D eigenvalue weighted by Crippen LogP contribution is -2.05. The van der Waals surface area contributed by atoms with Crippen LogP contribution in [0, 0.1) is 26.6 Å². The van der Waals surface area contributed by atoms with Gasteiger partial charge in [0.1, 0.15) is 17.3 Å². The van der Waals surface area contributed by atoms with Gasteiger partial charge in [-0.2, -0.15) is 0 Å². The molecule has 2 nitrogen and oxygen atoms in total. The van der Waals surface area contributed by atoms with E-state index < -0.39 is 6.10 Å². The molecule has 1 atom stereocenters. The molecule has 19 heavy (non-hydrogen) atoms. The third kappa shape index (κ3) is 2.90. The molecule has 0 saturated carbocycles. The van der Waals surface area contributed by atoms with Crippen molar-refractivity contribution < 1.29 is 13.9 Å². The smallest absolute Gasteiger partial charge is 0.123 e. The molecule has 0 aliphatic rings. The second-order valence-electron chi connectivity index (χ2n) is 4.71. The van der Waals surface area contributed by atoms with Crippen LogP contribution >= 0.6 is 15.9 Å². The fourth-order valence-corrected chi connectivity index (χ4v) is 2.72. The van der Waals surface area contributed by atoms with E-state index in [-0.39, 0.29) is 5.82 Å². The number of aliphatic hydroxyl groups is 1. The van der Waals surface area contributed by atoms with Crippen molar-refractivity contribution in [3.05, 3.63) is 56.7 Å². The minimum absolute atomic E-state index is 0.304. The molecular weight excluding hydrogens is 311 g/mol. The Morgan fingerprint density at radius 3 is 2.53 bits per heavy atom.